The van der Waals surface area contributed by atoms with Crippen LogP contribution in [-0.4, -0.2) is 21.9 Å². The maximum absolute atomic E-state index is 4.57. The predicted molar refractivity (Wildman–Crippen MR) is 92.5 cm³/mol. The highest BCUT2D eigenvalue weighted by Crippen LogP contribution is 2.27. The molecule has 2 atom stereocenters. The van der Waals surface area contributed by atoms with E-state index >= 15 is 0 Å². The molecule has 21 heavy (non-hydrogen) atoms. The molecule has 0 unspecified atom stereocenters. The van der Waals surface area contributed by atoms with Crippen molar-refractivity contribution in [1.82, 2.24) is 0 Å². The molecule has 0 N–H and O–H groups in total. The summed E-state index contributed by atoms with van der Waals surface area (Å²) in [4.78, 5) is 0. The SMILES string of the molecule is C[C@H]1S[C@H](C)C(c2ccccc2)=NN=C1c1ccccc1. The Morgan fingerprint density at radius 1 is 0.667 bits per heavy atom. The summed E-state index contributed by atoms with van der Waals surface area (Å²) in [6.07, 6.45) is 0. The summed E-state index contributed by atoms with van der Waals surface area (Å²) in [6, 6.07) is 20.6. The minimum absolute atomic E-state index is 0.326. The van der Waals surface area contributed by atoms with E-state index in [1.807, 2.05) is 48.2 Å². The second-order valence-corrected chi connectivity index (χ2v) is 6.81. The summed E-state index contributed by atoms with van der Waals surface area (Å²) in [5.74, 6) is 0. The standard InChI is InChI=1S/C18H18N2S/c1-13-17(15-9-5-3-6-10-15)19-20-18(14(2)21-13)16-11-7-4-8-12-16/h3-14H,1-2H3/t13-,14-/m1/s1. The second-order valence-electron chi connectivity index (χ2n) is 5.12. The topological polar surface area (TPSA) is 24.7 Å². The van der Waals surface area contributed by atoms with Gasteiger partial charge in [-0.1, -0.05) is 60.7 Å². The fourth-order valence-corrected chi connectivity index (χ4v) is 3.74. The first-order chi connectivity index (χ1) is 10.3. The van der Waals surface area contributed by atoms with Crippen molar-refractivity contribution in [3.05, 3.63) is 71.8 Å². The van der Waals surface area contributed by atoms with Gasteiger partial charge in [0, 0.05) is 10.5 Å². The van der Waals surface area contributed by atoms with Crippen LogP contribution in [0.15, 0.2) is 70.9 Å². The first-order valence-electron chi connectivity index (χ1n) is 7.17. The number of thioether (sulfide) groups is 1. The summed E-state index contributed by atoms with van der Waals surface area (Å²) in [7, 11) is 0. The highest BCUT2D eigenvalue weighted by Gasteiger charge is 2.24. The Balaban J connectivity index is 2.00. The average Bonchev–Trinajstić information content (AvgIpc) is 2.67. The van der Waals surface area contributed by atoms with E-state index in [0.717, 1.165) is 22.6 Å². The molecule has 0 fully saturated rings. The number of benzene rings is 2. The Morgan fingerprint density at radius 2 is 1.05 bits per heavy atom. The predicted octanol–water partition coefficient (Wildman–Crippen LogP) is 4.40. The zero-order valence-electron chi connectivity index (χ0n) is 12.2. The smallest absolute Gasteiger partial charge is 0.0830 e. The van der Waals surface area contributed by atoms with Crippen molar-refractivity contribution in [2.75, 3.05) is 0 Å². The Hall–Kier alpha value is -1.87. The van der Waals surface area contributed by atoms with Crippen molar-refractivity contribution in [1.29, 1.82) is 0 Å². The molecule has 0 radical (unpaired) electrons. The van der Waals surface area contributed by atoms with Crippen molar-refractivity contribution < 1.29 is 0 Å². The molecule has 1 aliphatic rings. The third-order valence-corrected chi connectivity index (χ3v) is 4.85. The van der Waals surface area contributed by atoms with E-state index in [-0.39, 0.29) is 0 Å². The zero-order valence-corrected chi connectivity index (χ0v) is 13.0. The number of hydrogen-bond donors (Lipinski definition) is 0. The second kappa shape index (κ2) is 6.27. The monoisotopic (exact) mass is 294 g/mol. The fraction of sp³-hybridized carbons (Fsp3) is 0.222. The fourth-order valence-electron chi connectivity index (χ4n) is 2.51. The quantitative estimate of drug-likeness (QED) is 0.805. The van der Waals surface area contributed by atoms with Crippen molar-refractivity contribution in [3.63, 3.8) is 0 Å². The lowest BCUT2D eigenvalue weighted by molar-refractivity contribution is 1.17. The Bertz CT molecular complexity index is 603. The minimum atomic E-state index is 0.326. The third-order valence-electron chi connectivity index (χ3n) is 3.58. The Labute approximate surface area is 130 Å². The maximum atomic E-state index is 4.57. The van der Waals surface area contributed by atoms with Crippen molar-refractivity contribution >= 4 is 23.2 Å². The van der Waals surface area contributed by atoms with Crippen molar-refractivity contribution in [2.24, 2.45) is 10.2 Å². The lowest BCUT2D eigenvalue weighted by atomic mass is 10.1. The molecule has 1 aliphatic heterocycles. The number of nitrogens with zero attached hydrogens (tertiary/aromatic N) is 2. The van der Waals surface area contributed by atoms with Gasteiger partial charge in [0.25, 0.3) is 0 Å². The van der Waals surface area contributed by atoms with Crippen LogP contribution < -0.4 is 0 Å². The third kappa shape index (κ3) is 3.08. The largest absolute Gasteiger partial charge is 0.154 e. The van der Waals surface area contributed by atoms with Gasteiger partial charge in [0.1, 0.15) is 0 Å². The van der Waals surface area contributed by atoms with Gasteiger partial charge < -0.3 is 0 Å². The van der Waals surface area contributed by atoms with Gasteiger partial charge in [-0.3, -0.25) is 0 Å². The van der Waals surface area contributed by atoms with Crippen molar-refractivity contribution in [3.8, 4) is 0 Å². The molecule has 106 valence electrons. The molecule has 1 heterocycles. The van der Waals surface area contributed by atoms with Gasteiger partial charge in [-0.25, -0.2) is 0 Å². The molecule has 0 aromatic heterocycles. The molecule has 0 spiro atoms. The molecule has 3 rings (SSSR count). The van der Waals surface area contributed by atoms with E-state index in [2.05, 4.69) is 48.3 Å². The number of rotatable bonds is 2. The van der Waals surface area contributed by atoms with Gasteiger partial charge in [0.2, 0.25) is 0 Å². The summed E-state index contributed by atoms with van der Waals surface area (Å²) >= 11 is 1.91. The van der Waals surface area contributed by atoms with E-state index in [9.17, 15) is 0 Å². The molecule has 2 aromatic carbocycles. The van der Waals surface area contributed by atoms with Crippen LogP contribution in [-0.2, 0) is 0 Å². The van der Waals surface area contributed by atoms with E-state index in [0.29, 0.717) is 10.5 Å². The summed E-state index contributed by atoms with van der Waals surface area (Å²) in [5, 5.41) is 9.79. The van der Waals surface area contributed by atoms with Crippen molar-refractivity contribution in [2.45, 2.75) is 24.3 Å². The van der Waals surface area contributed by atoms with Crippen LogP contribution >= 0.6 is 11.8 Å². The Kier molecular flexibility index (Phi) is 4.20. The molecule has 0 saturated carbocycles. The van der Waals surface area contributed by atoms with Crippen LogP contribution in [0.4, 0.5) is 0 Å². The van der Waals surface area contributed by atoms with Gasteiger partial charge in [0.15, 0.2) is 0 Å². The van der Waals surface area contributed by atoms with E-state index in [1.165, 1.54) is 0 Å². The molecule has 0 saturated heterocycles. The first-order valence-corrected chi connectivity index (χ1v) is 8.11. The first kappa shape index (κ1) is 14.1. The number of hydrogen-bond acceptors (Lipinski definition) is 3. The van der Waals surface area contributed by atoms with Gasteiger partial charge >= 0.3 is 0 Å². The molecular formula is C18H18N2S. The molecule has 0 amide bonds. The highest BCUT2D eigenvalue weighted by atomic mass is 32.2. The summed E-state index contributed by atoms with van der Waals surface area (Å²) < 4.78 is 0. The van der Waals surface area contributed by atoms with E-state index in [1.54, 1.807) is 0 Å². The molecule has 2 aromatic rings. The Morgan fingerprint density at radius 3 is 1.43 bits per heavy atom. The zero-order chi connectivity index (χ0) is 14.7. The van der Waals surface area contributed by atoms with Crippen LogP contribution in [0.5, 0.6) is 0 Å². The summed E-state index contributed by atoms with van der Waals surface area (Å²) in [6.45, 7) is 4.41. The van der Waals surface area contributed by atoms with Crippen LogP contribution in [0.3, 0.4) is 0 Å². The van der Waals surface area contributed by atoms with Gasteiger partial charge in [-0.2, -0.15) is 10.2 Å². The average molecular weight is 294 g/mol. The van der Waals surface area contributed by atoms with E-state index in [4.69, 9.17) is 0 Å². The van der Waals surface area contributed by atoms with Gasteiger partial charge in [-0.05, 0) is 25.0 Å². The molecule has 3 heteroatoms. The van der Waals surface area contributed by atoms with Crippen LogP contribution in [0.2, 0.25) is 0 Å². The lowest BCUT2D eigenvalue weighted by Crippen LogP contribution is -2.19. The van der Waals surface area contributed by atoms with Crippen LogP contribution in [0.25, 0.3) is 0 Å². The van der Waals surface area contributed by atoms with Crippen LogP contribution in [0.1, 0.15) is 25.0 Å². The molecule has 0 aliphatic carbocycles. The van der Waals surface area contributed by atoms with Gasteiger partial charge in [0.05, 0.1) is 11.4 Å². The molecule has 0 bridgehead atoms. The summed E-state index contributed by atoms with van der Waals surface area (Å²) in [5.41, 5.74) is 4.42. The molecule has 2 nitrogen and oxygen atoms in total. The molecular weight excluding hydrogens is 276 g/mol. The van der Waals surface area contributed by atoms with Gasteiger partial charge in [-0.15, -0.1) is 11.8 Å². The maximum Gasteiger partial charge on any atom is 0.0830 e. The highest BCUT2D eigenvalue weighted by molar-refractivity contribution is 8.02. The normalized spacial score (nSPS) is 22.2. The lowest BCUT2D eigenvalue weighted by Gasteiger charge is -2.16. The van der Waals surface area contributed by atoms with E-state index < -0.39 is 0 Å². The van der Waals surface area contributed by atoms with Crippen LogP contribution in [0, 0.1) is 0 Å². The minimum Gasteiger partial charge on any atom is -0.154 e.